The Balaban J connectivity index is 1.42. The molecule has 3 saturated carbocycles. The van der Waals surface area contributed by atoms with Crippen LogP contribution in [0.25, 0.3) is 0 Å². The van der Waals surface area contributed by atoms with Crippen molar-refractivity contribution in [1.29, 1.82) is 0 Å². The van der Waals surface area contributed by atoms with E-state index in [-0.39, 0.29) is 46.2 Å². The van der Waals surface area contributed by atoms with E-state index in [1.54, 1.807) is 0 Å². The van der Waals surface area contributed by atoms with Gasteiger partial charge in [0.2, 0.25) is 5.91 Å². The van der Waals surface area contributed by atoms with Crippen LogP contribution in [0.15, 0.2) is 18.2 Å². The number of amides is 2. The highest BCUT2D eigenvalue weighted by molar-refractivity contribution is 6.30. The molecule has 3 fully saturated rings. The van der Waals surface area contributed by atoms with Gasteiger partial charge in [-0.1, -0.05) is 84.7 Å². The maximum Gasteiger partial charge on any atom is 0.258 e. The second kappa shape index (κ2) is 14.2. The van der Waals surface area contributed by atoms with E-state index in [1.165, 1.54) is 56.7 Å². The molecule has 2 bridgehead atoms. The Bertz CT molecular complexity index is 951. The van der Waals surface area contributed by atoms with E-state index < -0.39 is 5.82 Å². The predicted molar refractivity (Wildman–Crippen MR) is 156 cm³/mol. The Morgan fingerprint density at radius 3 is 2.31 bits per heavy atom. The fourth-order valence-corrected chi connectivity index (χ4v) is 6.85. The highest BCUT2D eigenvalue weighted by atomic mass is 35.5. The van der Waals surface area contributed by atoms with Crippen LogP contribution in [0.4, 0.5) is 4.39 Å². The van der Waals surface area contributed by atoms with Crippen molar-refractivity contribution in [3.05, 3.63) is 29.0 Å². The van der Waals surface area contributed by atoms with Gasteiger partial charge in [0.05, 0.1) is 5.02 Å². The quantitative estimate of drug-likeness (QED) is 0.178. The standard InChI is InChI=1S/C32H50ClFN2O3/c1-6-9-10-11-24(8-3)16-22(4)12-14-26(23(5)7-2)30(38)36-32-19-31(20-32,21-32)35-29(37)18-39-25-13-15-27(33)28(34)17-25/h13,15,17,22-24,26H,6-12,14,16,18-21H2,1-5H3,(H,35,37)(H,36,38). The largest absolute Gasteiger partial charge is 0.484 e. The number of rotatable bonds is 18. The first-order chi connectivity index (χ1) is 18.5. The summed E-state index contributed by atoms with van der Waals surface area (Å²) in [6, 6.07) is 4.11. The molecule has 3 aliphatic rings. The number of ether oxygens (including phenoxy) is 1. The number of nitrogens with one attached hydrogen (secondary N) is 2. The normalized spacial score (nSPS) is 24.5. The van der Waals surface area contributed by atoms with E-state index in [1.807, 2.05) is 0 Å². The molecule has 2 amide bonds. The third-order valence-electron chi connectivity index (χ3n) is 9.25. The molecular weight excluding hydrogens is 515 g/mol. The predicted octanol–water partition coefficient (Wildman–Crippen LogP) is 7.84. The molecule has 1 aromatic rings. The topological polar surface area (TPSA) is 67.4 Å². The molecular formula is C32H50ClFN2O3. The minimum atomic E-state index is -0.579. The van der Waals surface area contributed by atoms with E-state index >= 15 is 0 Å². The van der Waals surface area contributed by atoms with Gasteiger partial charge in [-0.15, -0.1) is 0 Å². The maximum atomic E-state index is 13.6. The molecule has 5 nitrogen and oxygen atoms in total. The molecule has 0 saturated heterocycles. The van der Waals surface area contributed by atoms with Crippen LogP contribution in [0.1, 0.15) is 112 Å². The Kier molecular flexibility index (Phi) is 11.5. The molecule has 4 unspecified atom stereocenters. The van der Waals surface area contributed by atoms with Gasteiger partial charge in [0.15, 0.2) is 6.61 Å². The Morgan fingerprint density at radius 1 is 1.00 bits per heavy atom. The zero-order valence-electron chi connectivity index (χ0n) is 24.7. The molecule has 3 aliphatic carbocycles. The number of unbranched alkanes of at least 4 members (excludes halogenated alkanes) is 2. The summed E-state index contributed by atoms with van der Waals surface area (Å²) in [6.45, 7) is 11.1. The number of carbonyl (C=O) groups is 2. The summed E-state index contributed by atoms with van der Waals surface area (Å²) in [5.41, 5.74) is -0.444. The van der Waals surface area contributed by atoms with Gasteiger partial charge in [0.1, 0.15) is 11.6 Å². The summed E-state index contributed by atoms with van der Waals surface area (Å²) < 4.78 is 19.0. The van der Waals surface area contributed by atoms with Crippen LogP contribution in [-0.2, 0) is 9.59 Å². The van der Waals surface area contributed by atoms with Gasteiger partial charge in [-0.05, 0) is 68.4 Å². The summed E-state index contributed by atoms with van der Waals surface area (Å²) in [7, 11) is 0. The summed E-state index contributed by atoms with van der Waals surface area (Å²) in [6.07, 6.45) is 13.1. The fraction of sp³-hybridized carbons (Fsp3) is 0.750. The minimum Gasteiger partial charge on any atom is -0.484 e. The first kappa shape index (κ1) is 31.7. The van der Waals surface area contributed by atoms with Crippen LogP contribution >= 0.6 is 11.6 Å². The average molecular weight is 565 g/mol. The van der Waals surface area contributed by atoms with Gasteiger partial charge >= 0.3 is 0 Å². The second-order valence-corrected chi connectivity index (χ2v) is 13.1. The molecule has 0 aliphatic heterocycles. The van der Waals surface area contributed by atoms with Crippen molar-refractivity contribution >= 4 is 23.4 Å². The molecule has 7 heteroatoms. The highest BCUT2D eigenvalue weighted by Gasteiger charge is 2.69. The molecule has 4 atom stereocenters. The molecule has 0 radical (unpaired) electrons. The first-order valence-corrected chi connectivity index (χ1v) is 15.6. The minimum absolute atomic E-state index is 0.0148. The molecule has 4 rings (SSSR count). The smallest absolute Gasteiger partial charge is 0.258 e. The number of carbonyl (C=O) groups excluding carboxylic acids is 2. The molecule has 220 valence electrons. The molecule has 2 N–H and O–H groups in total. The lowest BCUT2D eigenvalue weighted by atomic mass is 9.44. The molecule has 39 heavy (non-hydrogen) atoms. The Morgan fingerprint density at radius 2 is 1.69 bits per heavy atom. The molecule has 1 aromatic carbocycles. The monoisotopic (exact) mass is 564 g/mol. The van der Waals surface area contributed by atoms with Gasteiger partial charge in [-0.25, -0.2) is 4.39 Å². The lowest BCUT2D eigenvalue weighted by molar-refractivity contribution is -0.153. The lowest BCUT2D eigenvalue weighted by Crippen LogP contribution is -2.84. The van der Waals surface area contributed by atoms with Crippen LogP contribution in [0.5, 0.6) is 5.75 Å². The van der Waals surface area contributed by atoms with E-state index in [9.17, 15) is 14.0 Å². The van der Waals surface area contributed by atoms with Crippen molar-refractivity contribution in [2.45, 2.75) is 123 Å². The second-order valence-electron chi connectivity index (χ2n) is 12.7. The Labute approximate surface area is 240 Å². The summed E-state index contributed by atoms with van der Waals surface area (Å²) in [5, 5.41) is 6.45. The van der Waals surface area contributed by atoms with E-state index in [2.05, 4.69) is 45.3 Å². The summed E-state index contributed by atoms with van der Waals surface area (Å²) in [5.74, 6) is 1.44. The van der Waals surface area contributed by atoms with Gasteiger partial charge in [-0.2, -0.15) is 0 Å². The van der Waals surface area contributed by atoms with Crippen molar-refractivity contribution in [2.75, 3.05) is 6.61 Å². The molecule has 0 aromatic heterocycles. The van der Waals surface area contributed by atoms with Crippen molar-refractivity contribution in [2.24, 2.45) is 23.7 Å². The van der Waals surface area contributed by atoms with Crippen molar-refractivity contribution in [3.63, 3.8) is 0 Å². The first-order valence-electron chi connectivity index (χ1n) is 15.2. The van der Waals surface area contributed by atoms with E-state index in [0.717, 1.165) is 44.4 Å². The molecule has 0 spiro atoms. The maximum absolute atomic E-state index is 13.6. The third kappa shape index (κ3) is 8.58. The van der Waals surface area contributed by atoms with Gasteiger partial charge in [-0.3, -0.25) is 9.59 Å². The van der Waals surface area contributed by atoms with E-state index in [0.29, 0.717) is 11.8 Å². The van der Waals surface area contributed by atoms with Crippen molar-refractivity contribution in [3.8, 4) is 5.75 Å². The molecule has 0 heterocycles. The lowest BCUT2D eigenvalue weighted by Gasteiger charge is -2.70. The van der Waals surface area contributed by atoms with Crippen LogP contribution in [0.2, 0.25) is 5.02 Å². The number of hydrogen-bond donors (Lipinski definition) is 2. The zero-order chi connectivity index (χ0) is 28.6. The van der Waals surface area contributed by atoms with Gasteiger partial charge < -0.3 is 15.4 Å². The average Bonchev–Trinajstić information content (AvgIpc) is 2.86. The van der Waals surface area contributed by atoms with Crippen LogP contribution < -0.4 is 15.4 Å². The van der Waals surface area contributed by atoms with E-state index in [4.69, 9.17) is 16.3 Å². The van der Waals surface area contributed by atoms with Crippen LogP contribution in [0, 0.1) is 29.5 Å². The Hall–Kier alpha value is -1.82. The SMILES string of the molecule is CCCCCC(CC)CC(C)CCC(C(=O)NC12CC(NC(=O)COc3ccc(Cl)c(F)c3)(C1)C2)C(C)CC. The number of hydrogen-bond acceptors (Lipinski definition) is 3. The number of benzene rings is 1. The van der Waals surface area contributed by atoms with Gasteiger partial charge in [0.25, 0.3) is 5.91 Å². The zero-order valence-corrected chi connectivity index (χ0v) is 25.5. The number of halogens is 2. The van der Waals surface area contributed by atoms with Crippen molar-refractivity contribution < 1.29 is 18.7 Å². The summed E-state index contributed by atoms with van der Waals surface area (Å²) >= 11 is 5.69. The highest BCUT2D eigenvalue weighted by Crippen LogP contribution is 2.60. The van der Waals surface area contributed by atoms with Crippen molar-refractivity contribution in [1.82, 2.24) is 10.6 Å². The third-order valence-corrected chi connectivity index (χ3v) is 9.56. The fourth-order valence-electron chi connectivity index (χ4n) is 6.74. The summed E-state index contributed by atoms with van der Waals surface area (Å²) in [4.78, 5) is 25.9. The van der Waals surface area contributed by atoms with Crippen LogP contribution in [-0.4, -0.2) is 29.5 Å². The van der Waals surface area contributed by atoms with Gasteiger partial charge in [0, 0.05) is 23.1 Å². The van der Waals surface area contributed by atoms with Crippen LogP contribution in [0.3, 0.4) is 0 Å².